The van der Waals surface area contributed by atoms with Crippen LogP contribution in [-0.2, 0) is 20.7 Å². The third-order valence-corrected chi connectivity index (χ3v) is 3.45. The van der Waals surface area contributed by atoms with Crippen LogP contribution in [0.3, 0.4) is 0 Å². The van der Waals surface area contributed by atoms with Gasteiger partial charge in [0.05, 0.1) is 0 Å². The predicted octanol–water partition coefficient (Wildman–Crippen LogP) is 2.63. The fourth-order valence-electron chi connectivity index (χ4n) is 2.07. The molecular weight excluding hydrogens is 344 g/mol. The highest BCUT2D eigenvalue weighted by Gasteiger charge is 2.17. The molecule has 0 aliphatic heterocycles. The summed E-state index contributed by atoms with van der Waals surface area (Å²) in [5.41, 5.74) is 0.880. The minimum Gasteiger partial charge on any atom is -0.479 e. The van der Waals surface area contributed by atoms with E-state index < -0.39 is 30.4 Å². The van der Waals surface area contributed by atoms with Gasteiger partial charge < -0.3 is 14.8 Å². The normalized spacial score (nSPS) is 11.5. The van der Waals surface area contributed by atoms with Gasteiger partial charge in [-0.1, -0.05) is 12.1 Å². The van der Waals surface area contributed by atoms with Crippen LogP contribution in [-0.4, -0.2) is 31.1 Å². The van der Waals surface area contributed by atoms with Crippen LogP contribution < -0.4 is 10.1 Å². The van der Waals surface area contributed by atoms with Crippen molar-refractivity contribution >= 4 is 11.9 Å². The molecule has 0 aromatic heterocycles. The Hall–Kier alpha value is -2.96. The Bertz CT molecular complexity index is 732. The van der Waals surface area contributed by atoms with Crippen molar-refractivity contribution in [1.82, 2.24) is 5.32 Å². The van der Waals surface area contributed by atoms with Crippen LogP contribution in [0.4, 0.5) is 8.78 Å². The summed E-state index contributed by atoms with van der Waals surface area (Å²) in [6.45, 7) is 1.38. The lowest BCUT2D eigenvalue weighted by molar-refractivity contribution is -0.154. The lowest BCUT2D eigenvalue weighted by Crippen LogP contribution is -2.33. The first-order valence-electron chi connectivity index (χ1n) is 8.04. The Morgan fingerprint density at radius 1 is 1.00 bits per heavy atom. The molecule has 2 rings (SSSR count). The molecule has 0 aliphatic rings. The molecule has 1 amide bonds. The molecule has 0 spiro atoms. The maximum atomic E-state index is 12.8. The molecule has 1 N–H and O–H groups in total. The van der Waals surface area contributed by atoms with Crippen molar-refractivity contribution in [3.8, 4) is 5.75 Å². The summed E-state index contributed by atoms with van der Waals surface area (Å²) in [5.74, 6) is -1.57. The van der Waals surface area contributed by atoms with Crippen LogP contribution in [0, 0.1) is 11.6 Å². The molecule has 0 saturated carbocycles. The third kappa shape index (κ3) is 6.51. The molecule has 0 heterocycles. The van der Waals surface area contributed by atoms with E-state index in [0.717, 1.165) is 5.56 Å². The SMILES string of the molecule is C[C@@H](Oc1ccc(F)cc1)C(=O)OCC(=O)NCCc1ccc(F)cc1. The van der Waals surface area contributed by atoms with Crippen molar-refractivity contribution in [1.29, 1.82) is 0 Å². The van der Waals surface area contributed by atoms with Crippen molar-refractivity contribution < 1.29 is 27.8 Å². The molecule has 7 heteroatoms. The average molecular weight is 363 g/mol. The van der Waals surface area contributed by atoms with Crippen LogP contribution >= 0.6 is 0 Å². The highest BCUT2D eigenvalue weighted by atomic mass is 19.1. The molecule has 0 aliphatic carbocycles. The molecule has 0 bridgehead atoms. The van der Waals surface area contributed by atoms with Crippen molar-refractivity contribution in [2.75, 3.05) is 13.2 Å². The predicted molar refractivity (Wildman–Crippen MR) is 90.6 cm³/mol. The lowest BCUT2D eigenvalue weighted by atomic mass is 10.1. The van der Waals surface area contributed by atoms with Gasteiger partial charge >= 0.3 is 5.97 Å². The van der Waals surface area contributed by atoms with Gasteiger partial charge in [-0.3, -0.25) is 4.79 Å². The molecule has 2 aromatic rings. The van der Waals surface area contributed by atoms with Gasteiger partial charge in [0.15, 0.2) is 12.7 Å². The van der Waals surface area contributed by atoms with Crippen LogP contribution in [0.2, 0.25) is 0 Å². The van der Waals surface area contributed by atoms with E-state index in [1.165, 1.54) is 43.3 Å². The van der Waals surface area contributed by atoms with E-state index in [2.05, 4.69) is 5.32 Å². The van der Waals surface area contributed by atoms with Crippen LogP contribution in [0.15, 0.2) is 48.5 Å². The largest absolute Gasteiger partial charge is 0.479 e. The van der Waals surface area contributed by atoms with Gasteiger partial charge in [0.25, 0.3) is 5.91 Å². The van der Waals surface area contributed by atoms with Gasteiger partial charge in [0, 0.05) is 6.54 Å². The molecule has 1 atom stereocenters. The lowest BCUT2D eigenvalue weighted by Gasteiger charge is -2.14. The van der Waals surface area contributed by atoms with Crippen molar-refractivity contribution in [2.45, 2.75) is 19.4 Å². The first-order chi connectivity index (χ1) is 12.4. The number of hydrogen-bond donors (Lipinski definition) is 1. The van der Waals surface area contributed by atoms with Crippen molar-refractivity contribution in [3.63, 3.8) is 0 Å². The second-order valence-electron chi connectivity index (χ2n) is 5.55. The smallest absolute Gasteiger partial charge is 0.347 e. The van der Waals surface area contributed by atoms with Crippen molar-refractivity contribution in [3.05, 3.63) is 65.7 Å². The summed E-state index contributed by atoms with van der Waals surface area (Å²) in [6, 6.07) is 11.2. The number of esters is 1. The van der Waals surface area contributed by atoms with Gasteiger partial charge in [-0.05, 0) is 55.3 Å². The van der Waals surface area contributed by atoms with E-state index in [1.54, 1.807) is 12.1 Å². The minimum atomic E-state index is -0.938. The average Bonchev–Trinajstić information content (AvgIpc) is 2.63. The topological polar surface area (TPSA) is 64.6 Å². The highest BCUT2D eigenvalue weighted by molar-refractivity contribution is 5.81. The van der Waals surface area contributed by atoms with E-state index in [4.69, 9.17) is 9.47 Å². The fourth-order valence-corrected chi connectivity index (χ4v) is 2.07. The maximum Gasteiger partial charge on any atom is 0.347 e. The van der Waals surface area contributed by atoms with E-state index in [9.17, 15) is 18.4 Å². The van der Waals surface area contributed by atoms with Crippen LogP contribution in [0.25, 0.3) is 0 Å². The number of amides is 1. The van der Waals surface area contributed by atoms with E-state index in [1.807, 2.05) is 0 Å². The first-order valence-corrected chi connectivity index (χ1v) is 8.04. The molecule has 2 aromatic carbocycles. The summed E-state index contributed by atoms with van der Waals surface area (Å²) in [5, 5.41) is 2.60. The number of carbonyl (C=O) groups is 2. The number of ether oxygens (including phenoxy) is 2. The number of benzene rings is 2. The zero-order chi connectivity index (χ0) is 18.9. The van der Waals surface area contributed by atoms with E-state index >= 15 is 0 Å². The number of carbonyl (C=O) groups excluding carboxylic acids is 2. The Kier molecular flexibility index (Phi) is 7.08. The van der Waals surface area contributed by atoms with Crippen molar-refractivity contribution in [2.24, 2.45) is 0 Å². The van der Waals surface area contributed by atoms with E-state index in [0.29, 0.717) is 18.7 Å². The number of halogens is 2. The Morgan fingerprint density at radius 2 is 1.58 bits per heavy atom. The van der Waals surface area contributed by atoms with Crippen LogP contribution in [0.1, 0.15) is 12.5 Å². The maximum absolute atomic E-state index is 12.8. The molecule has 0 radical (unpaired) electrons. The summed E-state index contributed by atoms with van der Waals surface area (Å²) in [6.07, 6.45) is -0.406. The summed E-state index contributed by atoms with van der Waals surface area (Å²) in [4.78, 5) is 23.5. The molecule has 26 heavy (non-hydrogen) atoms. The first kappa shape index (κ1) is 19.4. The Balaban J connectivity index is 1.66. The van der Waals surface area contributed by atoms with Gasteiger partial charge in [-0.25, -0.2) is 13.6 Å². The standard InChI is InChI=1S/C19H19F2NO4/c1-13(26-17-8-6-16(21)7-9-17)19(24)25-12-18(23)22-11-10-14-2-4-15(20)5-3-14/h2-9,13H,10-12H2,1H3,(H,22,23)/t13-/m1/s1. The second kappa shape index (κ2) is 9.50. The fraction of sp³-hybridized carbons (Fsp3) is 0.263. The summed E-state index contributed by atoms with van der Waals surface area (Å²) < 4.78 is 35.8. The zero-order valence-corrected chi connectivity index (χ0v) is 14.2. The number of rotatable bonds is 8. The Morgan fingerprint density at radius 3 is 2.19 bits per heavy atom. The molecule has 138 valence electrons. The molecule has 5 nitrogen and oxygen atoms in total. The monoisotopic (exact) mass is 363 g/mol. The molecular formula is C19H19F2NO4. The molecule has 0 unspecified atom stereocenters. The van der Waals surface area contributed by atoms with Gasteiger partial charge in [-0.2, -0.15) is 0 Å². The minimum absolute atomic E-state index is 0.318. The van der Waals surface area contributed by atoms with Gasteiger partial charge in [0.1, 0.15) is 17.4 Å². The van der Waals surface area contributed by atoms with Crippen LogP contribution in [0.5, 0.6) is 5.75 Å². The second-order valence-corrected chi connectivity index (χ2v) is 5.55. The third-order valence-electron chi connectivity index (χ3n) is 3.45. The number of nitrogens with one attached hydrogen (secondary N) is 1. The Labute approximate surface area is 149 Å². The summed E-state index contributed by atoms with van der Waals surface area (Å²) >= 11 is 0. The van der Waals surface area contributed by atoms with E-state index in [-0.39, 0.29) is 5.82 Å². The zero-order valence-electron chi connectivity index (χ0n) is 14.2. The quantitative estimate of drug-likeness (QED) is 0.733. The van der Waals surface area contributed by atoms with Gasteiger partial charge in [-0.15, -0.1) is 0 Å². The van der Waals surface area contributed by atoms with Gasteiger partial charge in [0.2, 0.25) is 0 Å². The molecule has 0 saturated heterocycles. The number of hydrogen-bond acceptors (Lipinski definition) is 4. The molecule has 0 fully saturated rings. The summed E-state index contributed by atoms with van der Waals surface area (Å²) in [7, 11) is 0. The highest BCUT2D eigenvalue weighted by Crippen LogP contribution is 2.13.